The Hall–Kier alpha value is -0.900. The first-order valence-corrected chi connectivity index (χ1v) is 5.27. The predicted molar refractivity (Wildman–Crippen MR) is 56.5 cm³/mol. The zero-order chi connectivity index (χ0) is 10.5. The van der Waals surface area contributed by atoms with E-state index < -0.39 is 0 Å². The van der Waals surface area contributed by atoms with Crippen LogP contribution < -0.4 is 0 Å². The SMILES string of the molecule is OC1CCOC[C@H]1OCc1ccccc1. The molecule has 0 saturated carbocycles. The molecule has 1 fully saturated rings. The predicted octanol–water partition coefficient (Wildman–Crippen LogP) is 1.35. The molecule has 2 atom stereocenters. The normalized spacial score (nSPS) is 26.5. The van der Waals surface area contributed by atoms with Gasteiger partial charge in [0.15, 0.2) is 0 Å². The lowest BCUT2D eigenvalue weighted by Gasteiger charge is -2.27. The largest absolute Gasteiger partial charge is 0.390 e. The third-order valence-corrected chi connectivity index (χ3v) is 2.58. The van der Waals surface area contributed by atoms with Crippen LogP contribution in [0.2, 0.25) is 0 Å². The average Bonchev–Trinajstić information content (AvgIpc) is 2.29. The molecule has 1 unspecified atom stereocenters. The summed E-state index contributed by atoms with van der Waals surface area (Å²) in [6.07, 6.45) is 0.0980. The van der Waals surface area contributed by atoms with E-state index in [0.717, 1.165) is 5.56 Å². The number of aliphatic hydroxyl groups is 1. The van der Waals surface area contributed by atoms with Gasteiger partial charge in [-0.2, -0.15) is 0 Å². The number of rotatable bonds is 3. The van der Waals surface area contributed by atoms with Crippen LogP contribution in [0.15, 0.2) is 30.3 Å². The Morgan fingerprint density at radius 2 is 2.13 bits per heavy atom. The molecule has 2 rings (SSSR count). The monoisotopic (exact) mass is 208 g/mol. The van der Waals surface area contributed by atoms with Gasteiger partial charge in [0.2, 0.25) is 0 Å². The fourth-order valence-electron chi connectivity index (χ4n) is 1.64. The summed E-state index contributed by atoms with van der Waals surface area (Å²) in [5, 5.41) is 9.64. The van der Waals surface area contributed by atoms with Crippen molar-refractivity contribution in [3.05, 3.63) is 35.9 Å². The zero-order valence-corrected chi connectivity index (χ0v) is 8.63. The van der Waals surface area contributed by atoms with Crippen LogP contribution >= 0.6 is 0 Å². The van der Waals surface area contributed by atoms with Crippen LogP contribution in [0.5, 0.6) is 0 Å². The van der Waals surface area contributed by atoms with Gasteiger partial charge in [0.05, 0.1) is 19.3 Å². The molecule has 0 bridgehead atoms. The highest BCUT2D eigenvalue weighted by atomic mass is 16.5. The van der Waals surface area contributed by atoms with Gasteiger partial charge < -0.3 is 14.6 Å². The Kier molecular flexibility index (Phi) is 3.72. The van der Waals surface area contributed by atoms with Crippen molar-refractivity contribution < 1.29 is 14.6 Å². The molecule has 0 amide bonds. The molecule has 1 aliphatic rings. The molecule has 15 heavy (non-hydrogen) atoms. The van der Waals surface area contributed by atoms with Crippen molar-refractivity contribution in [1.82, 2.24) is 0 Å². The quantitative estimate of drug-likeness (QED) is 0.815. The summed E-state index contributed by atoms with van der Waals surface area (Å²) >= 11 is 0. The standard InChI is InChI=1S/C12H16O3/c13-11-6-7-14-9-12(11)15-8-10-4-2-1-3-5-10/h1-5,11-13H,6-9H2/t11?,12-/m1/s1. The third-order valence-electron chi connectivity index (χ3n) is 2.58. The minimum atomic E-state index is -0.387. The summed E-state index contributed by atoms with van der Waals surface area (Å²) in [5.74, 6) is 0. The van der Waals surface area contributed by atoms with Crippen molar-refractivity contribution in [3.8, 4) is 0 Å². The lowest BCUT2D eigenvalue weighted by molar-refractivity contribution is -0.122. The summed E-state index contributed by atoms with van der Waals surface area (Å²) in [6, 6.07) is 9.95. The lowest BCUT2D eigenvalue weighted by Crippen LogP contribution is -2.38. The third kappa shape index (κ3) is 3.02. The van der Waals surface area contributed by atoms with E-state index in [1.165, 1.54) is 0 Å². The molecule has 0 radical (unpaired) electrons. The van der Waals surface area contributed by atoms with Crippen LogP contribution in [-0.4, -0.2) is 30.5 Å². The molecule has 1 aromatic carbocycles. The zero-order valence-electron chi connectivity index (χ0n) is 8.63. The van der Waals surface area contributed by atoms with Crippen LogP contribution in [0, 0.1) is 0 Å². The summed E-state index contributed by atoms with van der Waals surface area (Å²) < 4.78 is 10.9. The number of hydrogen-bond acceptors (Lipinski definition) is 3. The fraction of sp³-hybridized carbons (Fsp3) is 0.500. The molecule has 3 heteroatoms. The second kappa shape index (κ2) is 5.26. The van der Waals surface area contributed by atoms with Crippen molar-refractivity contribution in [2.45, 2.75) is 25.2 Å². The molecule has 1 N–H and O–H groups in total. The summed E-state index contributed by atoms with van der Waals surface area (Å²) in [7, 11) is 0. The van der Waals surface area contributed by atoms with E-state index in [2.05, 4.69) is 0 Å². The van der Waals surface area contributed by atoms with E-state index in [0.29, 0.717) is 26.2 Å². The van der Waals surface area contributed by atoms with E-state index in [4.69, 9.17) is 9.47 Å². The Morgan fingerprint density at radius 3 is 2.87 bits per heavy atom. The highest BCUT2D eigenvalue weighted by Crippen LogP contribution is 2.13. The first-order chi connectivity index (χ1) is 7.36. The molecule has 1 aliphatic heterocycles. The van der Waals surface area contributed by atoms with Gasteiger partial charge in [-0.15, -0.1) is 0 Å². The number of benzene rings is 1. The highest BCUT2D eigenvalue weighted by molar-refractivity contribution is 5.13. The van der Waals surface area contributed by atoms with Gasteiger partial charge in [0.1, 0.15) is 6.10 Å². The van der Waals surface area contributed by atoms with Crippen LogP contribution in [0.4, 0.5) is 0 Å². The fourth-order valence-corrected chi connectivity index (χ4v) is 1.64. The Labute approximate surface area is 89.6 Å². The van der Waals surface area contributed by atoms with Gasteiger partial charge in [-0.25, -0.2) is 0 Å². The molecule has 1 aromatic rings. The first kappa shape index (κ1) is 10.6. The Morgan fingerprint density at radius 1 is 1.33 bits per heavy atom. The van der Waals surface area contributed by atoms with Crippen LogP contribution in [0.1, 0.15) is 12.0 Å². The first-order valence-electron chi connectivity index (χ1n) is 5.27. The van der Waals surface area contributed by atoms with Gasteiger partial charge in [-0.1, -0.05) is 30.3 Å². The molecule has 82 valence electrons. The topological polar surface area (TPSA) is 38.7 Å². The molecule has 1 saturated heterocycles. The number of aliphatic hydroxyl groups excluding tert-OH is 1. The molecule has 0 aliphatic carbocycles. The molecule has 0 aromatic heterocycles. The van der Waals surface area contributed by atoms with E-state index in [1.54, 1.807) is 0 Å². The summed E-state index contributed by atoms with van der Waals surface area (Å²) in [5.41, 5.74) is 1.12. The maximum absolute atomic E-state index is 9.64. The van der Waals surface area contributed by atoms with Gasteiger partial charge in [-0.05, 0) is 12.0 Å². The lowest BCUT2D eigenvalue weighted by atomic mass is 10.1. The molecule has 3 nitrogen and oxygen atoms in total. The molecule has 1 heterocycles. The van der Waals surface area contributed by atoms with Gasteiger partial charge >= 0.3 is 0 Å². The van der Waals surface area contributed by atoms with Crippen LogP contribution in [-0.2, 0) is 16.1 Å². The second-order valence-corrected chi connectivity index (χ2v) is 3.77. The van der Waals surface area contributed by atoms with Gasteiger partial charge in [-0.3, -0.25) is 0 Å². The smallest absolute Gasteiger partial charge is 0.107 e. The van der Waals surface area contributed by atoms with Crippen molar-refractivity contribution in [3.63, 3.8) is 0 Å². The Bertz CT molecular complexity index is 286. The van der Waals surface area contributed by atoms with Crippen molar-refractivity contribution in [2.75, 3.05) is 13.2 Å². The van der Waals surface area contributed by atoms with Crippen molar-refractivity contribution in [1.29, 1.82) is 0 Å². The minimum absolute atomic E-state index is 0.182. The van der Waals surface area contributed by atoms with Gasteiger partial charge in [0, 0.05) is 6.61 Å². The number of ether oxygens (including phenoxy) is 2. The van der Waals surface area contributed by atoms with Crippen LogP contribution in [0.3, 0.4) is 0 Å². The van der Waals surface area contributed by atoms with E-state index in [-0.39, 0.29) is 12.2 Å². The number of hydrogen-bond donors (Lipinski definition) is 1. The van der Waals surface area contributed by atoms with Crippen LogP contribution in [0.25, 0.3) is 0 Å². The van der Waals surface area contributed by atoms with Crippen molar-refractivity contribution >= 4 is 0 Å². The highest BCUT2D eigenvalue weighted by Gasteiger charge is 2.24. The minimum Gasteiger partial charge on any atom is -0.390 e. The summed E-state index contributed by atoms with van der Waals surface area (Å²) in [4.78, 5) is 0. The Balaban J connectivity index is 1.82. The van der Waals surface area contributed by atoms with Gasteiger partial charge in [0.25, 0.3) is 0 Å². The van der Waals surface area contributed by atoms with E-state index >= 15 is 0 Å². The molecule has 0 spiro atoms. The summed E-state index contributed by atoms with van der Waals surface area (Å²) in [6.45, 7) is 1.66. The average molecular weight is 208 g/mol. The van der Waals surface area contributed by atoms with Crippen molar-refractivity contribution in [2.24, 2.45) is 0 Å². The molecular formula is C12H16O3. The van der Waals surface area contributed by atoms with E-state index in [1.807, 2.05) is 30.3 Å². The maximum Gasteiger partial charge on any atom is 0.107 e. The second-order valence-electron chi connectivity index (χ2n) is 3.77. The maximum atomic E-state index is 9.64. The van der Waals surface area contributed by atoms with E-state index in [9.17, 15) is 5.11 Å². The molecular weight excluding hydrogens is 192 g/mol.